The Morgan fingerprint density at radius 1 is 1.18 bits per heavy atom. The molecule has 3 N–H and O–H groups in total. The molecule has 1 atom stereocenters. The summed E-state index contributed by atoms with van der Waals surface area (Å²) in [6, 6.07) is 7.81. The second kappa shape index (κ2) is 4.94. The predicted octanol–water partition coefficient (Wildman–Crippen LogP) is 0.274. The summed E-state index contributed by atoms with van der Waals surface area (Å²) in [5.41, 5.74) is -2.75. The first-order valence-corrected chi connectivity index (χ1v) is 4.71. The van der Waals surface area contributed by atoms with E-state index in [-0.39, 0.29) is 5.56 Å². The lowest BCUT2D eigenvalue weighted by molar-refractivity contribution is -0.192. The number of methoxy groups -OCH3 is 1. The number of benzene rings is 1. The molecule has 0 heterocycles. The second-order valence-electron chi connectivity index (χ2n) is 3.40. The fraction of sp³-hybridized carbons (Fsp3) is 0.273. The standard InChI is InChI=1S/C11H12O6/c1-17-8(7-5-3-2-4-6-7)11(16,9(12)13)10(14)15/h2-6,8,16H,1H3,(H,12,13)(H,14,15). The molecule has 1 aromatic rings. The Morgan fingerprint density at radius 2 is 1.65 bits per heavy atom. The van der Waals surface area contributed by atoms with Crippen LogP contribution in [-0.2, 0) is 14.3 Å². The van der Waals surface area contributed by atoms with Crippen molar-refractivity contribution in [2.45, 2.75) is 11.7 Å². The summed E-state index contributed by atoms with van der Waals surface area (Å²) in [4.78, 5) is 21.9. The molecule has 0 spiro atoms. The topological polar surface area (TPSA) is 104 Å². The van der Waals surface area contributed by atoms with Crippen molar-refractivity contribution in [3.8, 4) is 0 Å². The highest BCUT2D eigenvalue weighted by molar-refractivity contribution is 6.02. The molecular formula is C11H12O6. The summed E-state index contributed by atoms with van der Waals surface area (Å²) >= 11 is 0. The average molecular weight is 240 g/mol. The lowest BCUT2D eigenvalue weighted by Crippen LogP contribution is -2.52. The van der Waals surface area contributed by atoms with Gasteiger partial charge in [-0.05, 0) is 5.56 Å². The Balaban J connectivity index is 3.25. The SMILES string of the molecule is COC(c1ccccc1)C(O)(C(=O)O)C(=O)O. The molecule has 0 aliphatic rings. The van der Waals surface area contributed by atoms with Gasteiger partial charge in [-0.15, -0.1) is 0 Å². The maximum Gasteiger partial charge on any atom is 0.350 e. The number of aliphatic carboxylic acids is 2. The first kappa shape index (κ1) is 13.1. The van der Waals surface area contributed by atoms with Gasteiger partial charge < -0.3 is 20.1 Å². The number of aliphatic hydroxyl groups is 1. The Kier molecular flexibility index (Phi) is 3.82. The maximum absolute atomic E-state index is 10.9. The number of rotatable bonds is 5. The third-order valence-corrected chi connectivity index (χ3v) is 2.37. The molecule has 92 valence electrons. The zero-order valence-electron chi connectivity index (χ0n) is 9.03. The van der Waals surface area contributed by atoms with Crippen LogP contribution < -0.4 is 0 Å². The van der Waals surface area contributed by atoms with Gasteiger partial charge in [0, 0.05) is 7.11 Å². The van der Waals surface area contributed by atoms with Crippen LogP contribution in [0.25, 0.3) is 0 Å². The number of hydrogen-bond acceptors (Lipinski definition) is 4. The number of ether oxygens (including phenoxy) is 1. The van der Waals surface area contributed by atoms with Gasteiger partial charge in [0.25, 0.3) is 5.60 Å². The molecule has 0 aromatic heterocycles. The second-order valence-corrected chi connectivity index (χ2v) is 3.40. The molecular weight excluding hydrogens is 228 g/mol. The monoisotopic (exact) mass is 240 g/mol. The van der Waals surface area contributed by atoms with E-state index in [0.717, 1.165) is 7.11 Å². The van der Waals surface area contributed by atoms with Gasteiger partial charge in [0.15, 0.2) is 0 Å². The van der Waals surface area contributed by atoms with Crippen molar-refractivity contribution in [2.75, 3.05) is 7.11 Å². The summed E-state index contributed by atoms with van der Waals surface area (Å²) in [6.45, 7) is 0. The van der Waals surface area contributed by atoms with Gasteiger partial charge in [0.2, 0.25) is 0 Å². The van der Waals surface area contributed by atoms with Crippen molar-refractivity contribution in [3.63, 3.8) is 0 Å². The van der Waals surface area contributed by atoms with Crippen LogP contribution in [0, 0.1) is 0 Å². The summed E-state index contributed by atoms with van der Waals surface area (Å²) < 4.78 is 4.81. The molecule has 0 aliphatic heterocycles. The minimum Gasteiger partial charge on any atom is -0.479 e. The number of carboxylic acids is 2. The van der Waals surface area contributed by atoms with E-state index in [4.69, 9.17) is 14.9 Å². The highest BCUT2D eigenvalue weighted by atomic mass is 16.5. The summed E-state index contributed by atoms with van der Waals surface area (Å²) in [6.07, 6.45) is -1.49. The lowest BCUT2D eigenvalue weighted by atomic mass is 9.91. The summed E-state index contributed by atoms with van der Waals surface area (Å²) in [7, 11) is 1.13. The van der Waals surface area contributed by atoms with Gasteiger partial charge in [0.1, 0.15) is 6.10 Å². The summed E-state index contributed by atoms with van der Waals surface area (Å²) in [5, 5.41) is 27.5. The fourth-order valence-corrected chi connectivity index (χ4v) is 1.49. The van der Waals surface area contributed by atoms with Gasteiger partial charge in [-0.25, -0.2) is 9.59 Å². The molecule has 1 rings (SSSR count). The molecule has 0 radical (unpaired) electrons. The van der Waals surface area contributed by atoms with Gasteiger partial charge in [0.05, 0.1) is 0 Å². The zero-order valence-corrected chi connectivity index (χ0v) is 9.03. The van der Waals surface area contributed by atoms with Crippen LogP contribution in [0.15, 0.2) is 30.3 Å². The molecule has 6 heteroatoms. The smallest absolute Gasteiger partial charge is 0.350 e. The molecule has 0 aliphatic carbocycles. The molecule has 0 bridgehead atoms. The lowest BCUT2D eigenvalue weighted by Gasteiger charge is -2.27. The van der Waals surface area contributed by atoms with Crippen LogP contribution in [-0.4, -0.2) is 40.0 Å². The van der Waals surface area contributed by atoms with E-state index < -0.39 is 23.6 Å². The van der Waals surface area contributed by atoms with Crippen molar-refractivity contribution in [3.05, 3.63) is 35.9 Å². The summed E-state index contributed by atoms with van der Waals surface area (Å²) in [5.74, 6) is -3.75. The molecule has 0 amide bonds. The van der Waals surface area contributed by atoms with Crippen molar-refractivity contribution in [1.29, 1.82) is 0 Å². The Labute approximate surface area is 97.1 Å². The van der Waals surface area contributed by atoms with Gasteiger partial charge in [-0.1, -0.05) is 30.3 Å². The van der Waals surface area contributed by atoms with Gasteiger partial charge in [-0.2, -0.15) is 0 Å². The Hall–Kier alpha value is -1.92. The minimum atomic E-state index is -3.02. The van der Waals surface area contributed by atoms with Gasteiger partial charge >= 0.3 is 11.9 Å². The molecule has 6 nitrogen and oxygen atoms in total. The first-order chi connectivity index (χ1) is 7.94. The molecule has 1 unspecified atom stereocenters. The van der Waals surface area contributed by atoms with E-state index in [1.807, 2.05) is 0 Å². The largest absolute Gasteiger partial charge is 0.479 e. The first-order valence-electron chi connectivity index (χ1n) is 4.71. The average Bonchev–Trinajstić information content (AvgIpc) is 2.30. The van der Waals surface area contributed by atoms with Crippen molar-refractivity contribution < 1.29 is 29.6 Å². The maximum atomic E-state index is 10.9. The number of hydrogen-bond donors (Lipinski definition) is 3. The van der Waals surface area contributed by atoms with E-state index in [0.29, 0.717) is 0 Å². The quantitative estimate of drug-likeness (QED) is 0.638. The minimum absolute atomic E-state index is 0.266. The highest BCUT2D eigenvalue weighted by Gasteiger charge is 2.53. The van der Waals surface area contributed by atoms with E-state index in [1.165, 1.54) is 12.1 Å². The normalized spacial score (nSPS) is 13.1. The van der Waals surface area contributed by atoms with Crippen LogP contribution in [0.5, 0.6) is 0 Å². The van der Waals surface area contributed by atoms with E-state index in [2.05, 4.69) is 0 Å². The number of carboxylic acid groups (broad SMARTS) is 2. The fourth-order valence-electron chi connectivity index (χ4n) is 1.49. The van der Waals surface area contributed by atoms with E-state index in [9.17, 15) is 14.7 Å². The van der Waals surface area contributed by atoms with E-state index in [1.54, 1.807) is 18.2 Å². The molecule has 17 heavy (non-hydrogen) atoms. The van der Waals surface area contributed by atoms with Crippen LogP contribution in [0.1, 0.15) is 11.7 Å². The Morgan fingerprint density at radius 3 is 2.00 bits per heavy atom. The van der Waals surface area contributed by atoms with Crippen molar-refractivity contribution in [2.24, 2.45) is 0 Å². The van der Waals surface area contributed by atoms with Crippen LogP contribution in [0.4, 0.5) is 0 Å². The predicted molar refractivity (Wildman–Crippen MR) is 56.4 cm³/mol. The van der Waals surface area contributed by atoms with Crippen LogP contribution in [0.2, 0.25) is 0 Å². The Bertz CT molecular complexity index is 399. The van der Waals surface area contributed by atoms with Crippen molar-refractivity contribution >= 4 is 11.9 Å². The molecule has 0 saturated carbocycles. The molecule has 1 aromatic carbocycles. The van der Waals surface area contributed by atoms with Gasteiger partial charge in [-0.3, -0.25) is 0 Å². The third-order valence-electron chi connectivity index (χ3n) is 2.37. The number of carbonyl (C=O) groups is 2. The zero-order chi connectivity index (χ0) is 13.1. The third kappa shape index (κ3) is 2.27. The molecule has 0 fully saturated rings. The van der Waals surface area contributed by atoms with E-state index >= 15 is 0 Å². The van der Waals surface area contributed by atoms with Crippen molar-refractivity contribution in [1.82, 2.24) is 0 Å². The van der Waals surface area contributed by atoms with Crippen LogP contribution >= 0.6 is 0 Å². The van der Waals surface area contributed by atoms with Crippen LogP contribution in [0.3, 0.4) is 0 Å². The highest BCUT2D eigenvalue weighted by Crippen LogP contribution is 2.29. The molecule has 0 saturated heterocycles.